The average Bonchev–Trinajstić information content (AvgIpc) is 2.89. The lowest BCUT2D eigenvalue weighted by molar-refractivity contribution is -0.140. The number of sulfonamides is 1. The summed E-state index contributed by atoms with van der Waals surface area (Å²) in [7, 11) is -3.93. The summed E-state index contributed by atoms with van der Waals surface area (Å²) in [6.07, 6.45) is 2.97. The van der Waals surface area contributed by atoms with Gasteiger partial charge >= 0.3 is 0 Å². The lowest BCUT2D eigenvalue weighted by atomic mass is 10.0. The first kappa shape index (κ1) is 31.5. The first-order chi connectivity index (χ1) is 19.0. The number of rotatable bonds is 13. The highest BCUT2D eigenvalue weighted by Crippen LogP contribution is 2.30. The predicted octanol–water partition coefficient (Wildman–Crippen LogP) is 5.62. The van der Waals surface area contributed by atoms with Crippen molar-refractivity contribution in [3.63, 3.8) is 0 Å². The molecule has 0 spiro atoms. The molecule has 0 aliphatic carbocycles. The summed E-state index contributed by atoms with van der Waals surface area (Å²) in [6.45, 7) is 4.03. The van der Waals surface area contributed by atoms with E-state index in [0.29, 0.717) is 11.6 Å². The molecule has 2 amide bonds. The van der Waals surface area contributed by atoms with Crippen LogP contribution in [-0.2, 0) is 32.6 Å². The summed E-state index contributed by atoms with van der Waals surface area (Å²) >= 11 is 12.4. The zero-order chi connectivity index (χ0) is 29.3. The maximum absolute atomic E-state index is 14.1. The van der Waals surface area contributed by atoms with E-state index < -0.39 is 28.5 Å². The van der Waals surface area contributed by atoms with Crippen LogP contribution in [0, 0.1) is 6.92 Å². The van der Waals surface area contributed by atoms with Gasteiger partial charge in [0.1, 0.15) is 12.6 Å². The molecule has 0 unspecified atom stereocenters. The van der Waals surface area contributed by atoms with Crippen molar-refractivity contribution in [3.05, 3.63) is 99.5 Å². The number of nitrogens with zero attached hydrogens (tertiary/aromatic N) is 2. The summed E-state index contributed by atoms with van der Waals surface area (Å²) in [6, 6.07) is 20.6. The van der Waals surface area contributed by atoms with E-state index in [1.807, 2.05) is 68.4 Å². The summed E-state index contributed by atoms with van der Waals surface area (Å²) in [5.41, 5.74) is 2.83. The van der Waals surface area contributed by atoms with E-state index >= 15 is 0 Å². The predicted molar refractivity (Wildman–Crippen MR) is 162 cm³/mol. The number of halogens is 2. The van der Waals surface area contributed by atoms with E-state index in [1.165, 1.54) is 23.1 Å². The number of nitrogens with one attached hydrogen (secondary N) is 1. The van der Waals surface area contributed by atoms with Crippen LogP contribution in [0.15, 0.2) is 72.8 Å². The Morgan fingerprint density at radius 2 is 1.65 bits per heavy atom. The van der Waals surface area contributed by atoms with Crippen LogP contribution < -0.4 is 9.62 Å². The summed E-state index contributed by atoms with van der Waals surface area (Å²) in [5, 5.41) is 3.39. The number of unbranched alkanes of at least 4 members (excludes halogenated alkanes) is 1. The molecule has 0 aliphatic heterocycles. The van der Waals surface area contributed by atoms with E-state index in [1.54, 1.807) is 0 Å². The van der Waals surface area contributed by atoms with Gasteiger partial charge in [-0.25, -0.2) is 8.42 Å². The third kappa shape index (κ3) is 8.98. The monoisotopic (exact) mass is 603 g/mol. The van der Waals surface area contributed by atoms with Gasteiger partial charge in [-0.1, -0.05) is 96.7 Å². The Hall–Kier alpha value is -3.07. The fourth-order valence-corrected chi connectivity index (χ4v) is 5.77. The van der Waals surface area contributed by atoms with Crippen LogP contribution in [-0.4, -0.2) is 50.5 Å². The Labute approximate surface area is 247 Å². The SMILES string of the molecule is CCCCNC(=O)[C@H](Cc1ccccc1)N(Cc1cccc(C)c1)C(=O)CN(c1ccc(Cl)cc1Cl)S(C)(=O)=O. The molecule has 0 fully saturated rings. The molecule has 1 N–H and O–H groups in total. The Morgan fingerprint density at radius 1 is 0.950 bits per heavy atom. The Bertz CT molecular complexity index is 1420. The zero-order valence-corrected chi connectivity index (χ0v) is 25.3. The molecule has 7 nitrogen and oxygen atoms in total. The molecule has 0 aliphatic rings. The highest BCUT2D eigenvalue weighted by Gasteiger charge is 2.33. The lowest BCUT2D eigenvalue weighted by Gasteiger charge is -2.33. The second-order valence-electron chi connectivity index (χ2n) is 9.73. The second kappa shape index (κ2) is 14.5. The van der Waals surface area contributed by atoms with Crippen LogP contribution in [0.1, 0.15) is 36.5 Å². The minimum absolute atomic E-state index is 0.0918. The highest BCUT2D eigenvalue weighted by atomic mass is 35.5. The van der Waals surface area contributed by atoms with Crippen LogP contribution in [0.4, 0.5) is 5.69 Å². The average molecular weight is 605 g/mol. The van der Waals surface area contributed by atoms with Crippen LogP contribution in [0.2, 0.25) is 10.0 Å². The van der Waals surface area contributed by atoms with E-state index in [9.17, 15) is 18.0 Å². The van der Waals surface area contributed by atoms with Crippen LogP contribution in [0.25, 0.3) is 0 Å². The maximum atomic E-state index is 14.1. The van der Waals surface area contributed by atoms with Crippen molar-refractivity contribution in [3.8, 4) is 0 Å². The summed E-state index contributed by atoms with van der Waals surface area (Å²) in [5.74, 6) is -0.835. The van der Waals surface area contributed by atoms with Gasteiger partial charge < -0.3 is 10.2 Å². The van der Waals surface area contributed by atoms with E-state index in [2.05, 4.69) is 5.32 Å². The lowest BCUT2D eigenvalue weighted by Crippen LogP contribution is -2.53. The molecular formula is C30H35Cl2N3O4S. The first-order valence-corrected chi connectivity index (χ1v) is 15.7. The van der Waals surface area contributed by atoms with Gasteiger partial charge in [-0.3, -0.25) is 13.9 Å². The molecule has 10 heteroatoms. The number of aryl methyl sites for hydroxylation is 1. The van der Waals surface area contributed by atoms with E-state index in [0.717, 1.165) is 40.1 Å². The molecule has 0 saturated heterocycles. The van der Waals surface area contributed by atoms with Crippen molar-refractivity contribution in [1.29, 1.82) is 0 Å². The molecule has 214 valence electrons. The molecule has 3 aromatic rings. The molecule has 0 bridgehead atoms. The van der Waals surface area contributed by atoms with Gasteiger partial charge in [-0.2, -0.15) is 0 Å². The number of carbonyl (C=O) groups excluding carboxylic acids is 2. The minimum Gasteiger partial charge on any atom is -0.354 e. The van der Waals surface area contributed by atoms with Crippen LogP contribution in [0.3, 0.4) is 0 Å². The fraction of sp³-hybridized carbons (Fsp3) is 0.333. The molecule has 1 atom stereocenters. The number of hydrogen-bond donors (Lipinski definition) is 1. The van der Waals surface area contributed by atoms with Crippen molar-refractivity contribution in [2.24, 2.45) is 0 Å². The molecule has 0 aromatic heterocycles. The van der Waals surface area contributed by atoms with Gasteiger partial charge in [0.2, 0.25) is 21.8 Å². The number of anilines is 1. The smallest absolute Gasteiger partial charge is 0.244 e. The summed E-state index contributed by atoms with van der Waals surface area (Å²) < 4.78 is 26.7. The zero-order valence-electron chi connectivity index (χ0n) is 22.9. The van der Waals surface area contributed by atoms with Crippen molar-refractivity contribution < 1.29 is 18.0 Å². The van der Waals surface area contributed by atoms with Gasteiger partial charge in [0.05, 0.1) is 17.0 Å². The number of benzene rings is 3. The van der Waals surface area contributed by atoms with Crippen molar-refractivity contribution in [2.75, 3.05) is 23.7 Å². The van der Waals surface area contributed by atoms with Crippen LogP contribution in [0.5, 0.6) is 0 Å². The quantitative estimate of drug-likeness (QED) is 0.257. The first-order valence-electron chi connectivity index (χ1n) is 13.1. The Morgan fingerprint density at radius 3 is 2.27 bits per heavy atom. The molecule has 0 radical (unpaired) electrons. The van der Waals surface area contributed by atoms with E-state index in [4.69, 9.17) is 23.2 Å². The number of carbonyl (C=O) groups is 2. The normalized spacial score (nSPS) is 12.0. The third-order valence-electron chi connectivity index (χ3n) is 6.39. The van der Waals surface area contributed by atoms with Gasteiger partial charge in [0, 0.05) is 24.5 Å². The van der Waals surface area contributed by atoms with Gasteiger partial charge in [0.15, 0.2) is 0 Å². The fourth-order valence-electron chi connectivity index (χ4n) is 4.35. The minimum atomic E-state index is -3.93. The highest BCUT2D eigenvalue weighted by molar-refractivity contribution is 7.92. The molecular weight excluding hydrogens is 569 g/mol. The van der Waals surface area contributed by atoms with Crippen molar-refractivity contribution in [2.45, 2.75) is 45.7 Å². The topological polar surface area (TPSA) is 86.8 Å². The number of hydrogen-bond acceptors (Lipinski definition) is 4. The Balaban J connectivity index is 2.05. The van der Waals surface area contributed by atoms with Crippen LogP contribution >= 0.6 is 23.2 Å². The van der Waals surface area contributed by atoms with Crippen molar-refractivity contribution >= 4 is 50.7 Å². The molecule has 0 heterocycles. The third-order valence-corrected chi connectivity index (χ3v) is 8.06. The second-order valence-corrected chi connectivity index (χ2v) is 12.5. The summed E-state index contributed by atoms with van der Waals surface area (Å²) in [4.78, 5) is 29.1. The number of amides is 2. The van der Waals surface area contributed by atoms with Crippen molar-refractivity contribution in [1.82, 2.24) is 10.2 Å². The molecule has 0 saturated carbocycles. The van der Waals surface area contributed by atoms with Gasteiger partial charge in [-0.15, -0.1) is 0 Å². The van der Waals surface area contributed by atoms with Gasteiger partial charge in [0.25, 0.3) is 0 Å². The maximum Gasteiger partial charge on any atom is 0.244 e. The standard InChI is InChI=1S/C30H35Cl2N3O4S/c1-4-5-16-33-30(37)28(18-23-11-7-6-8-12-23)34(20-24-13-9-10-22(2)17-24)29(36)21-35(40(3,38)39)27-15-14-25(31)19-26(27)32/h6-15,17,19,28H,4-5,16,18,20-21H2,1-3H3,(H,33,37)/t28-/m0/s1. The molecule has 3 rings (SSSR count). The van der Waals surface area contributed by atoms with E-state index in [-0.39, 0.29) is 29.6 Å². The molecule has 40 heavy (non-hydrogen) atoms. The van der Waals surface area contributed by atoms with Gasteiger partial charge in [-0.05, 0) is 42.7 Å². The largest absolute Gasteiger partial charge is 0.354 e. The Kier molecular flexibility index (Phi) is 11.4. The molecule has 3 aromatic carbocycles.